The minimum absolute atomic E-state index is 0.237. The maximum Gasteiger partial charge on any atom is 0.338 e. The molecule has 0 saturated heterocycles. The normalized spacial score (nSPS) is 9.96. The molecule has 0 aliphatic heterocycles. The third kappa shape index (κ3) is 5.34. The van der Waals surface area contributed by atoms with Crippen LogP contribution in [0.1, 0.15) is 22.8 Å². The molecule has 0 heterocycles. The van der Waals surface area contributed by atoms with Gasteiger partial charge in [0, 0.05) is 12.6 Å². The van der Waals surface area contributed by atoms with Gasteiger partial charge in [0.15, 0.2) is 6.61 Å². The Morgan fingerprint density at radius 1 is 1.04 bits per heavy atom. The second kappa shape index (κ2) is 8.66. The lowest BCUT2D eigenvalue weighted by Gasteiger charge is -2.12. The van der Waals surface area contributed by atoms with E-state index in [-0.39, 0.29) is 5.91 Å². The van der Waals surface area contributed by atoms with Gasteiger partial charge >= 0.3 is 5.97 Å². The van der Waals surface area contributed by atoms with E-state index < -0.39 is 18.5 Å². The SMILES string of the molecule is COc1ccc(NC(C)=O)cc1NC(=O)COC(=O)c1cccc(C)c1. The highest BCUT2D eigenvalue weighted by Crippen LogP contribution is 2.27. The average Bonchev–Trinajstić information content (AvgIpc) is 2.59. The maximum absolute atomic E-state index is 12.1. The number of methoxy groups -OCH3 is 1. The van der Waals surface area contributed by atoms with E-state index in [1.54, 1.807) is 36.4 Å². The largest absolute Gasteiger partial charge is 0.495 e. The van der Waals surface area contributed by atoms with E-state index in [0.717, 1.165) is 5.56 Å². The summed E-state index contributed by atoms with van der Waals surface area (Å²) in [5.41, 5.74) is 2.16. The van der Waals surface area contributed by atoms with Crippen LogP contribution in [0.3, 0.4) is 0 Å². The summed E-state index contributed by atoms with van der Waals surface area (Å²) < 4.78 is 10.2. The Kier molecular flexibility index (Phi) is 6.32. The average molecular weight is 356 g/mol. The van der Waals surface area contributed by atoms with Crippen LogP contribution in [0.4, 0.5) is 11.4 Å². The van der Waals surface area contributed by atoms with Crippen molar-refractivity contribution in [3.63, 3.8) is 0 Å². The smallest absolute Gasteiger partial charge is 0.338 e. The summed E-state index contributed by atoms with van der Waals surface area (Å²) in [6.45, 7) is 2.80. The summed E-state index contributed by atoms with van der Waals surface area (Å²) in [7, 11) is 1.46. The van der Waals surface area contributed by atoms with Gasteiger partial charge < -0.3 is 20.1 Å². The highest BCUT2D eigenvalue weighted by molar-refractivity contribution is 5.97. The van der Waals surface area contributed by atoms with Crippen molar-refractivity contribution in [2.45, 2.75) is 13.8 Å². The van der Waals surface area contributed by atoms with E-state index in [9.17, 15) is 14.4 Å². The van der Waals surface area contributed by atoms with Crippen molar-refractivity contribution in [1.29, 1.82) is 0 Å². The number of rotatable bonds is 6. The molecule has 0 aliphatic rings. The fraction of sp³-hybridized carbons (Fsp3) is 0.211. The molecule has 0 spiro atoms. The molecule has 0 atom stereocenters. The van der Waals surface area contributed by atoms with Crippen molar-refractivity contribution in [3.05, 3.63) is 53.6 Å². The number of esters is 1. The first kappa shape index (κ1) is 19.0. The number of amides is 2. The molecule has 0 fully saturated rings. The molecule has 136 valence electrons. The van der Waals surface area contributed by atoms with E-state index in [0.29, 0.717) is 22.7 Å². The van der Waals surface area contributed by atoms with Crippen LogP contribution < -0.4 is 15.4 Å². The van der Waals surface area contributed by atoms with E-state index >= 15 is 0 Å². The fourth-order valence-corrected chi connectivity index (χ4v) is 2.26. The van der Waals surface area contributed by atoms with Crippen molar-refractivity contribution in [1.82, 2.24) is 0 Å². The van der Waals surface area contributed by atoms with Gasteiger partial charge in [0.1, 0.15) is 5.75 Å². The van der Waals surface area contributed by atoms with Crippen molar-refractivity contribution in [3.8, 4) is 5.75 Å². The standard InChI is InChI=1S/C19H20N2O5/c1-12-5-4-6-14(9-12)19(24)26-11-18(23)21-16-10-15(20-13(2)22)7-8-17(16)25-3/h4-10H,11H2,1-3H3,(H,20,22)(H,21,23). The van der Waals surface area contributed by atoms with E-state index in [2.05, 4.69) is 10.6 Å². The Balaban J connectivity index is 2.00. The first-order chi connectivity index (χ1) is 12.4. The Morgan fingerprint density at radius 2 is 1.81 bits per heavy atom. The van der Waals surface area contributed by atoms with E-state index in [1.807, 2.05) is 13.0 Å². The van der Waals surface area contributed by atoms with Gasteiger partial charge in [-0.15, -0.1) is 0 Å². The first-order valence-electron chi connectivity index (χ1n) is 7.88. The zero-order valence-corrected chi connectivity index (χ0v) is 14.8. The minimum Gasteiger partial charge on any atom is -0.495 e. The van der Waals surface area contributed by atoms with Crippen molar-refractivity contribution in [2.75, 3.05) is 24.4 Å². The third-order valence-corrected chi connectivity index (χ3v) is 3.38. The van der Waals surface area contributed by atoms with Crippen molar-refractivity contribution >= 4 is 29.2 Å². The number of aryl methyl sites for hydroxylation is 1. The van der Waals surface area contributed by atoms with Gasteiger partial charge in [-0.05, 0) is 37.3 Å². The second-order valence-corrected chi connectivity index (χ2v) is 5.59. The molecule has 0 saturated carbocycles. The highest BCUT2D eigenvalue weighted by Gasteiger charge is 2.13. The van der Waals surface area contributed by atoms with Gasteiger partial charge in [0.2, 0.25) is 5.91 Å². The van der Waals surface area contributed by atoms with Gasteiger partial charge in [-0.3, -0.25) is 9.59 Å². The van der Waals surface area contributed by atoms with Crippen LogP contribution in [0.25, 0.3) is 0 Å². The molecular weight excluding hydrogens is 336 g/mol. The van der Waals surface area contributed by atoms with E-state index in [1.165, 1.54) is 14.0 Å². The van der Waals surface area contributed by atoms with Gasteiger partial charge in [0.05, 0.1) is 18.4 Å². The van der Waals surface area contributed by atoms with Crippen molar-refractivity contribution in [2.24, 2.45) is 0 Å². The highest BCUT2D eigenvalue weighted by atomic mass is 16.5. The fourth-order valence-electron chi connectivity index (χ4n) is 2.26. The Labute approximate surface area is 151 Å². The number of hydrogen-bond donors (Lipinski definition) is 2. The van der Waals surface area contributed by atoms with Crippen LogP contribution in [-0.2, 0) is 14.3 Å². The molecule has 0 unspecified atom stereocenters. The van der Waals surface area contributed by atoms with Crippen LogP contribution in [0.5, 0.6) is 5.75 Å². The number of carbonyl (C=O) groups excluding carboxylic acids is 3. The maximum atomic E-state index is 12.1. The molecule has 26 heavy (non-hydrogen) atoms. The molecule has 2 aromatic carbocycles. The summed E-state index contributed by atoms with van der Waals surface area (Å²) in [6, 6.07) is 11.7. The minimum atomic E-state index is -0.581. The van der Waals surface area contributed by atoms with Gasteiger partial charge in [-0.2, -0.15) is 0 Å². The molecule has 2 amide bonds. The van der Waals surface area contributed by atoms with Gasteiger partial charge in [-0.1, -0.05) is 17.7 Å². The molecule has 0 aromatic heterocycles. The monoisotopic (exact) mass is 356 g/mol. The molecule has 0 bridgehead atoms. The van der Waals surface area contributed by atoms with Crippen LogP contribution in [-0.4, -0.2) is 31.5 Å². The molecule has 2 rings (SSSR count). The predicted octanol–water partition coefficient (Wildman–Crippen LogP) is 2.76. The van der Waals surface area contributed by atoms with Crippen LogP contribution in [0.2, 0.25) is 0 Å². The second-order valence-electron chi connectivity index (χ2n) is 5.59. The number of benzene rings is 2. The molecule has 2 aromatic rings. The molecule has 0 aliphatic carbocycles. The van der Waals surface area contributed by atoms with Crippen molar-refractivity contribution < 1.29 is 23.9 Å². The lowest BCUT2D eigenvalue weighted by Crippen LogP contribution is -2.21. The third-order valence-electron chi connectivity index (χ3n) is 3.38. The molecule has 0 radical (unpaired) electrons. The van der Waals surface area contributed by atoms with E-state index in [4.69, 9.17) is 9.47 Å². The van der Waals surface area contributed by atoms with Gasteiger partial charge in [-0.25, -0.2) is 4.79 Å². The predicted molar refractivity (Wildman–Crippen MR) is 97.4 cm³/mol. The van der Waals surface area contributed by atoms with Crippen LogP contribution in [0, 0.1) is 6.92 Å². The Morgan fingerprint density at radius 3 is 2.46 bits per heavy atom. The number of ether oxygens (including phenoxy) is 2. The molecule has 7 heteroatoms. The van der Waals surface area contributed by atoms with Crippen LogP contribution in [0.15, 0.2) is 42.5 Å². The van der Waals surface area contributed by atoms with Crippen LogP contribution >= 0.6 is 0 Å². The summed E-state index contributed by atoms with van der Waals surface area (Å²) in [5.74, 6) is -0.927. The summed E-state index contributed by atoms with van der Waals surface area (Å²) in [4.78, 5) is 35.2. The Hall–Kier alpha value is -3.35. The number of anilines is 2. The number of carbonyl (C=O) groups is 3. The summed E-state index contributed by atoms with van der Waals surface area (Å²) in [6.07, 6.45) is 0. The molecular formula is C19H20N2O5. The lowest BCUT2D eigenvalue weighted by atomic mass is 10.1. The number of hydrogen-bond acceptors (Lipinski definition) is 5. The quantitative estimate of drug-likeness (QED) is 0.776. The Bertz CT molecular complexity index is 832. The first-order valence-corrected chi connectivity index (χ1v) is 7.88. The molecule has 7 nitrogen and oxygen atoms in total. The lowest BCUT2D eigenvalue weighted by molar-refractivity contribution is -0.119. The molecule has 2 N–H and O–H groups in total. The summed E-state index contributed by atoms with van der Waals surface area (Å²) in [5, 5.41) is 5.22. The van der Waals surface area contributed by atoms with Gasteiger partial charge in [0.25, 0.3) is 5.91 Å². The number of nitrogens with one attached hydrogen (secondary N) is 2. The summed E-state index contributed by atoms with van der Waals surface area (Å²) >= 11 is 0. The zero-order chi connectivity index (χ0) is 19.1. The topological polar surface area (TPSA) is 93.7 Å². The zero-order valence-electron chi connectivity index (χ0n) is 14.8.